The highest BCUT2D eigenvalue weighted by atomic mass is 16.5. The van der Waals surface area contributed by atoms with Crippen LogP contribution in [-0.4, -0.2) is 30.0 Å². The van der Waals surface area contributed by atoms with Gasteiger partial charge in [0.15, 0.2) is 0 Å². The molecule has 0 radical (unpaired) electrons. The Hall–Kier alpha value is -0.120. The summed E-state index contributed by atoms with van der Waals surface area (Å²) in [5, 5.41) is 8.89. The molecule has 0 aromatic carbocycles. The van der Waals surface area contributed by atoms with Crippen LogP contribution < -0.4 is 5.73 Å². The molecule has 1 saturated heterocycles. The third-order valence-electron chi connectivity index (χ3n) is 2.55. The molecule has 0 aliphatic carbocycles. The maximum atomic E-state index is 8.89. The van der Waals surface area contributed by atoms with Gasteiger partial charge < -0.3 is 15.6 Å². The fourth-order valence-corrected chi connectivity index (χ4v) is 1.79. The molecule has 1 heterocycles. The zero-order chi connectivity index (χ0) is 9.19. The number of aliphatic hydroxyl groups is 1. The second-order valence-corrected chi connectivity index (χ2v) is 4.21. The van der Waals surface area contributed by atoms with Crippen LogP contribution in [0.15, 0.2) is 0 Å². The summed E-state index contributed by atoms with van der Waals surface area (Å²) in [6, 6.07) is -0.0758. The van der Waals surface area contributed by atoms with Crippen molar-refractivity contribution in [3.8, 4) is 0 Å². The SMILES string of the molecule is CC1(C)CC(C(N)CO)CCO1. The largest absolute Gasteiger partial charge is 0.395 e. The Bertz CT molecular complexity index is 147. The Morgan fingerprint density at radius 2 is 2.33 bits per heavy atom. The van der Waals surface area contributed by atoms with Gasteiger partial charge in [-0.3, -0.25) is 0 Å². The molecule has 2 unspecified atom stereocenters. The lowest BCUT2D eigenvalue weighted by atomic mass is 9.84. The highest BCUT2D eigenvalue weighted by molar-refractivity contribution is 4.84. The van der Waals surface area contributed by atoms with Gasteiger partial charge in [-0.05, 0) is 32.6 Å². The molecule has 3 N–H and O–H groups in total. The fourth-order valence-electron chi connectivity index (χ4n) is 1.79. The first-order valence-corrected chi connectivity index (χ1v) is 4.55. The number of ether oxygens (including phenoxy) is 1. The molecule has 2 atom stereocenters. The van der Waals surface area contributed by atoms with Gasteiger partial charge in [-0.1, -0.05) is 0 Å². The van der Waals surface area contributed by atoms with E-state index in [4.69, 9.17) is 15.6 Å². The number of hydrogen-bond donors (Lipinski definition) is 2. The van der Waals surface area contributed by atoms with E-state index < -0.39 is 0 Å². The summed E-state index contributed by atoms with van der Waals surface area (Å²) in [6.07, 6.45) is 1.93. The molecule has 0 amide bonds. The number of aliphatic hydroxyl groups excluding tert-OH is 1. The minimum Gasteiger partial charge on any atom is -0.395 e. The third-order valence-corrected chi connectivity index (χ3v) is 2.55. The quantitative estimate of drug-likeness (QED) is 0.639. The van der Waals surface area contributed by atoms with Crippen LogP contribution in [0.1, 0.15) is 26.7 Å². The van der Waals surface area contributed by atoms with Crippen LogP contribution in [0.3, 0.4) is 0 Å². The average Bonchev–Trinajstić information content (AvgIpc) is 2.01. The Morgan fingerprint density at radius 1 is 1.67 bits per heavy atom. The zero-order valence-corrected chi connectivity index (χ0v) is 7.92. The zero-order valence-electron chi connectivity index (χ0n) is 7.92. The molecule has 1 fully saturated rings. The first-order valence-electron chi connectivity index (χ1n) is 4.55. The van der Waals surface area contributed by atoms with E-state index in [2.05, 4.69) is 13.8 Å². The van der Waals surface area contributed by atoms with Crippen molar-refractivity contribution < 1.29 is 9.84 Å². The standard InChI is InChI=1S/C9H19NO2/c1-9(2)5-7(3-4-12-9)8(10)6-11/h7-8,11H,3-6,10H2,1-2H3. The maximum Gasteiger partial charge on any atom is 0.0629 e. The van der Waals surface area contributed by atoms with E-state index in [0.29, 0.717) is 5.92 Å². The maximum absolute atomic E-state index is 8.89. The van der Waals surface area contributed by atoms with Crippen LogP contribution in [-0.2, 0) is 4.74 Å². The van der Waals surface area contributed by atoms with Crippen molar-refractivity contribution in [1.82, 2.24) is 0 Å². The van der Waals surface area contributed by atoms with Gasteiger partial charge in [-0.25, -0.2) is 0 Å². The summed E-state index contributed by atoms with van der Waals surface area (Å²) in [6.45, 7) is 5.00. The lowest BCUT2D eigenvalue weighted by molar-refractivity contribution is -0.0785. The van der Waals surface area contributed by atoms with Crippen molar-refractivity contribution >= 4 is 0 Å². The molecule has 0 saturated carbocycles. The summed E-state index contributed by atoms with van der Waals surface area (Å²) in [4.78, 5) is 0. The van der Waals surface area contributed by atoms with Crippen LogP contribution in [0.2, 0.25) is 0 Å². The van der Waals surface area contributed by atoms with Crippen molar-refractivity contribution in [3.05, 3.63) is 0 Å². The molecule has 1 rings (SSSR count). The Labute approximate surface area is 73.9 Å². The van der Waals surface area contributed by atoms with E-state index >= 15 is 0 Å². The monoisotopic (exact) mass is 173 g/mol. The van der Waals surface area contributed by atoms with E-state index in [1.807, 2.05) is 0 Å². The Morgan fingerprint density at radius 3 is 2.83 bits per heavy atom. The average molecular weight is 173 g/mol. The summed E-state index contributed by atoms with van der Waals surface area (Å²) < 4.78 is 5.55. The summed E-state index contributed by atoms with van der Waals surface area (Å²) in [5.41, 5.74) is 5.70. The van der Waals surface area contributed by atoms with E-state index in [-0.39, 0.29) is 18.2 Å². The summed E-state index contributed by atoms with van der Waals surface area (Å²) in [7, 11) is 0. The first kappa shape index (κ1) is 9.96. The minimum atomic E-state index is -0.0758. The predicted molar refractivity (Wildman–Crippen MR) is 47.8 cm³/mol. The first-order chi connectivity index (χ1) is 5.55. The lowest BCUT2D eigenvalue weighted by Gasteiger charge is -2.37. The van der Waals surface area contributed by atoms with Crippen molar-refractivity contribution in [2.24, 2.45) is 11.7 Å². The Balaban J connectivity index is 2.46. The van der Waals surface area contributed by atoms with Gasteiger partial charge in [0.05, 0.1) is 12.2 Å². The molecule has 0 aromatic rings. The number of hydrogen-bond acceptors (Lipinski definition) is 3. The molecule has 72 valence electrons. The topological polar surface area (TPSA) is 55.5 Å². The van der Waals surface area contributed by atoms with Crippen LogP contribution >= 0.6 is 0 Å². The van der Waals surface area contributed by atoms with Gasteiger partial charge in [0.1, 0.15) is 0 Å². The second-order valence-electron chi connectivity index (χ2n) is 4.21. The molecule has 12 heavy (non-hydrogen) atoms. The van der Waals surface area contributed by atoms with E-state index in [0.717, 1.165) is 19.4 Å². The summed E-state index contributed by atoms with van der Waals surface area (Å²) >= 11 is 0. The molecule has 3 heteroatoms. The molecular formula is C9H19NO2. The van der Waals surface area contributed by atoms with Crippen molar-refractivity contribution in [2.45, 2.75) is 38.3 Å². The van der Waals surface area contributed by atoms with Gasteiger partial charge in [-0.2, -0.15) is 0 Å². The van der Waals surface area contributed by atoms with Crippen LogP contribution in [0.25, 0.3) is 0 Å². The molecule has 3 nitrogen and oxygen atoms in total. The van der Waals surface area contributed by atoms with Gasteiger partial charge in [-0.15, -0.1) is 0 Å². The molecule has 1 aliphatic heterocycles. The van der Waals surface area contributed by atoms with Gasteiger partial charge in [0.25, 0.3) is 0 Å². The number of nitrogens with two attached hydrogens (primary N) is 1. The molecule has 1 aliphatic rings. The van der Waals surface area contributed by atoms with Gasteiger partial charge >= 0.3 is 0 Å². The van der Waals surface area contributed by atoms with Crippen LogP contribution in [0.4, 0.5) is 0 Å². The molecule has 0 spiro atoms. The van der Waals surface area contributed by atoms with E-state index in [1.165, 1.54) is 0 Å². The number of rotatable bonds is 2. The molecule has 0 bridgehead atoms. The Kier molecular flexibility index (Phi) is 3.09. The van der Waals surface area contributed by atoms with Gasteiger partial charge in [0, 0.05) is 12.6 Å². The lowest BCUT2D eigenvalue weighted by Crippen LogP contribution is -2.43. The van der Waals surface area contributed by atoms with Crippen LogP contribution in [0, 0.1) is 5.92 Å². The molecule has 0 aromatic heterocycles. The normalized spacial score (nSPS) is 31.5. The highest BCUT2D eigenvalue weighted by Crippen LogP contribution is 2.29. The van der Waals surface area contributed by atoms with E-state index in [1.54, 1.807) is 0 Å². The van der Waals surface area contributed by atoms with E-state index in [9.17, 15) is 0 Å². The predicted octanol–water partition coefficient (Wildman–Crippen LogP) is 0.511. The van der Waals surface area contributed by atoms with Crippen molar-refractivity contribution in [2.75, 3.05) is 13.2 Å². The van der Waals surface area contributed by atoms with Gasteiger partial charge in [0.2, 0.25) is 0 Å². The van der Waals surface area contributed by atoms with Crippen LogP contribution in [0.5, 0.6) is 0 Å². The van der Waals surface area contributed by atoms with Crippen molar-refractivity contribution in [3.63, 3.8) is 0 Å². The second kappa shape index (κ2) is 3.73. The van der Waals surface area contributed by atoms with Crippen molar-refractivity contribution in [1.29, 1.82) is 0 Å². The highest BCUT2D eigenvalue weighted by Gasteiger charge is 2.31. The molecular weight excluding hydrogens is 154 g/mol. The summed E-state index contributed by atoms with van der Waals surface area (Å²) in [5.74, 6) is 0.416. The minimum absolute atomic E-state index is 0.0598. The fraction of sp³-hybridized carbons (Fsp3) is 1.00. The smallest absolute Gasteiger partial charge is 0.0629 e. The third kappa shape index (κ3) is 2.44.